The van der Waals surface area contributed by atoms with Crippen molar-refractivity contribution in [3.05, 3.63) is 64.8 Å². The summed E-state index contributed by atoms with van der Waals surface area (Å²) in [4.78, 5) is 24.2. The quantitative estimate of drug-likeness (QED) is 0.693. The monoisotopic (exact) mass is 386 g/mol. The number of nitrogens with zero attached hydrogens (tertiary/aromatic N) is 1. The van der Waals surface area contributed by atoms with E-state index < -0.39 is 5.97 Å². The molecule has 1 aromatic heterocycles. The van der Waals surface area contributed by atoms with E-state index >= 15 is 0 Å². The molecule has 1 N–H and O–H groups in total. The fourth-order valence-electron chi connectivity index (χ4n) is 2.54. The van der Waals surface area contributed by atoms with Crippen LogP contribution in [0.15, 0.2) is 59.2 Å². The second-order valence-electron chi connectivity index (χ2n) is 5.23. The maximum Gasteiger partial charge on any atom is 0.340 e. The Balaban J connectivity index is 1.85. The number of methoxy groups -OCH3 is 1. The maximum atomic E-state index is 12.3. The molecule has 122 valence electrons. The van der Waals surface area contributed by atoms with Crippen molar-refractivity contribution in [3.63, 3.8) is 0 Å². The molecule has 0 spiro atoms. The summed E-state index contributed by atoms with van der Waals surface area (Å²) in [5.74, 6) is -0.590. The Morgan fingerprint density at radius 1 is 1.12 bits per heavy atom. The number of hydrogen-bond acceptors (Lipinski definition) is 3. The first-order valence-corrected chi connectivity index (χ1v) is 8.09. The van der Waals surface area contributed by atoms with Crippen molar-refractivity contribution >= 4 is 44.4 Å². The van der Waals surface area contributed by atoms with Crippen LogP contribution in [0, 0.1) is 0 Å². The topological polar surface area (TPSA) is 60.3 Å². The number of carbonyl (C=O) groups is 2. The summed E-state index contributed by atoms with van der Waals surface area (Å²) < 4.78 is 7.50. The number of rotatable bonds is 4. The average molecular weight is 387 g/mol. The Morgan fingerprint density at radius 3 is 2.54 bits per heavy atom. The molecule has 24 heavy (non-hydrogen) atoms. The number of hydrogen-bond donors (Lipinski definition) is 1. The van der Waals surface area contributed by atoms with Gasteiger partial charge in [0.1, 0.15) is 6.54 Å². The zero-order valence-electron chi connectivity index (χ0n) is 13.0. The molecule has 6 heteroatoms. The van der Waals surface area contributed by atoms with Gasteiger partial charge in [-0.2, -0.15) is 0 Å². The van der Waals surface area contributed by atoms with Crippen LogP contribution in [0.5, 0.6) is 0 Å². The Morgan fingerprint density at radius 2 is 1.83 bits per heavy atom. The highest BCUT2D eigenvalue weighted by atomic mass is 79.9. The maximum absolute atomic E-state index is 12.3. The highest BCUT2D eigenvalue weighted by Crippen LogP contribution is 2.22. The molecule has 0 saturated heterocycles. The summed E-state index contributed by atoms with van der Waals surface area (Å²) >= 11 is 3.36. The van der Waals surface area contributed by atoms with Crippen LogP contribution in [0.2, 0.25) is 0 Å². The first-order chi connectivity index (χ1) is 11.6. The van der Waals surface area contributed by atoms with Crippen molar-refractivity contribution in [1.82, 2.24) is 4.57 Å². The molecular formula is C18H15BrN2O3. The number of ether oxygens (including phenoxy) is 1. The summed E-state index contributed by atoms with van der Waals surface area (Å²) in [6.45, 7) is 0.105. The minimum Gasteiger partial charge on any atom is -0.465 e. The molecule has 0 fully saturated rings. The highest BCUT2D eigenvalue weighted by molar-refractivity contribution is 9.10. The van der Waals surface area contributed by atoms with E-state index in [-0.39, 0.29) is 12.5 Å². The Hall–Kier alpha value is -2.60. The first kappa shape index (κ1) is 16.3. The van der Waals surface area contributed by atoms with E-state index in [4.69, 9.17) is 4.74 Å². The Labute approximate surface area is 147 Å². The van der Waals surface area contributed by atoms with Crippen molar-refractivity contribution < 1.29 is 14.3 Å². The predicted molar refractivity (Wildman–Crippen MR) is 96.0 cm³/mol. The lowest BCUT2D eigenvalue weighted by Crippen LogP contribution is -2.18. The summed E-state index contributed by atoms with van der Waals surface area (Å²) in [6, 6.07) is 14.8. The number of amides is 1. The van der Waals surface area contributed by atoms with Crippen LogP contribution >= 0.6 is 15.9 Å². The van der Waals surface area contributed by atoms with Gasteiger partial charge < -0.3 is 14.6 Å². The SMILES string of the molecule is COC(=O)c1cn(CC(=O)Nc2ccc(Br)cc2)c2ccccc12. The fourth-order valence-corrected chi connectivity index (χ4v) is 2.80. The number of carbonyl (C=O) groups excluding carboxylic acids is 2. The van der Waals surface area contributed by atoms with Gasteiger partial charge in [0.25, 0.3) is 0 Å². The molecule has 0 aliphatic rings. The molecule has 1 amide bonds. The van der Waals surface area contributed by atoms with Gasteiger partial charge in [0.2, 0.25) is 5.91 Å². The molecule has 0 radical (unpaired) electrons. The molecule has 0 aliphatic carbocycles. The molecule has 0 saturated carbocycles. The standard InChI is InChI=1S/C18H15BrN2O3/c1-24-18(23)15-10-21(16-5-3-2-4-14(15)16)11-17(22)20-13-8-6-12(19)7-9-13/h2-10H,11H2,1H3,(H,20,22). The van der Waals surface area contributed by atoms with Gasteiger partial charge in [-0.05, 0) is 30.3 Å². The normalized spacial score (nSPS) is 10.6. The van der Waals surface area contributed by atoms with Gasteiger partial charge in [-0.3, -0.25) is 4.79 Å². The van der Waals surface area contributed by atoms with Crippen LogP contribution in [-0.4, -0.2) is 23.6 Å². The van der Waals surface area contributed by atoms with Crippen molar-refractivity contribution in [2.24, 2.45) is 0 Å². The number of benzene rings is 2. The van der Waals surface area contributed by atoms with Gasteiger partial charge in [-0.1, -0.05) is 34.1 Å². The molecule has 2 aromatic carbocycles. The number of anilines is 1. The lowest BCUT2D eigenvalue weighted by molar-refractivity contribution is -0.116. The van der Waals surface area contributed by atoms with Crippen molar-refractivity contribution in [2.45, 2.75) is 6.54 Å². The number of aromatic nitrogens is 1. The van der Waals surface area contributed by atoms with Gasteiger partial charge in [0.05, 0.1) is 12.7 Å². The second-order valence-corrected chi connectivity index (χ2v) is 6.15. The molecule has 0 bridgehead atoms. The third kappa shape index (κ3) is 3.33. The van der Waals surface area contributed by atoms with Crippen molar-refractivity contribution in [1.29, 1.82) is 0 Å². The van der Waals surface area contributed by atoms with Crippen molar-refractivity contribution in [2.75, 3.05) is 12.4 Å². The zero-order valence-corrected chi connectivity index (χ0v) is 14.5. The van der Waals surface area contributed by atoms with Crippen LogP contribution in [-0.2, 0) is 16.1 Å². The van der Waals surface area contributed by atoms with Crippen molar-refractivity contribution in [3.8, 4) is 0 Å². The second kappa shape index (κ2) is 6.88. The molecule has 5 nitrogen and oxygen atoms in total. The molecule has 0 unspecified atom stereocenters. The lowest BCUT2D eigenvalue weighted by atomic mass is 10.2. The summed E-state index contributed by atoms with van der Waals surface area (Å²) in [5.41, 5.74) is 1.97. The minimum absolute atomic E-state index is 0.105. The van der Waals surface area contributed by atoms with E-state index in [0.717, 1.165) is 15.4 Å². The van der Waals surface area contributed by atoms with Gasteiger partial charge in [0, 0.05) is 27.3 Å². The van der Waals surface area contributed by atoms with Crippen LogP contribution in [0.4, 0.5) is 5.69 Å². The van der Waals surface area contributed by atoms with E-state index in [1.807, 2.05) is 48.5 Å². The number of esters is 1. The third-order valence-electron chi connectivity index (χ3n) is 3.64. The molecule has 0 aliphatic heterocycles. The van der Waals surface area contributed by atoms with Crippen LogP contribution in [0.25, 0.3) is 10.9 Å². The summed E-state index contributed by atoms with van der Waals surface area (Å²) in [6.07, 6.45) is 1.65. The fraction of sp³-hybridized carbons (Fsp3) is 0.111. The number of para-hydroxylation sites is 1. The van der Waals surface area contributed by atoms with Gasteiger partial charge in [-0.25, -0.2) is 4.79 Å². The van der Waals surface area contributed by atoms with Crippen LogP contribution < -0.4 is 5.32 Å². The average Bonchev–Trinajstić information content (AvgIpc) is 2.95. The van der Waals surface area contributed by atoms with Crippen LogP contribution in [0.1, 0.15) is 10.4 Å². The largest absolute Gasteiger partial charge is 0.465 e. The third-order valence-corrected chi connectivity index (χ3v) is 4.16. The molecule has 1 heterocycles. The van der Waals surface area contributed by atoms with Crippen LogP contribution in [0.3, 0.4) is 0 Å². The van der Waals surface area contributed by atoms with E-state index in [9.17, 15) is 9.59 Å². The van der Waals surface area contributed by atoms with E-state index in [1.54, 1.807) is 10.8 Å². The number of fused-ring (bicyclic) bond motifs is 1. The van der Waals surface area contributed by atoms with E-state index in [0.29, 0.717) is 11.3 Å². The summed E-state index contributed by atoms with van der Waals surface area (Å²) in [5, 5.41) is 3.60. The zero-order chi connectivity index (χ0) is 17.1. The van der Waals surface area contributed by atoms with Gasteiger partial charge in [-0.15, -0.1) is 0 Å². The van der Waals surface area contributed by atoms with Gasteiger partial charge in [0.15, 0.2) is 0 Å². The minimum atomic E-state index is -0.418. The van der Waals surface area contributed by atoms with Gasteiger partial charge >= 0.3 is 5.97 Å². The smallest absolute Gasteiger partial charge is 0.340 e. The number of halogens is 1. The molecular weight excluding hydrogens is 372 g/mol. The molecule has 0 atom stereocenters. The van der Waals surface area contributed by atoms with E-state index in [1.165, 1.54) is 7.11 Å². The predicted octanol–water partition coefficient (Wildman–Crippen LogP) is 3.83. The lowest BCUT2D eigenvalue weighted by Gasteiger charge is -2.07. The molecule has 3 aromatic rings. The highest BCUT2D eigenvalue weighted by Gasteiger charge is 2.16. The molecule has 3 rings (SSSR count). The Kier molecular flexibility index (Phi) is 4.66. The Bertz CT molecular complexity index is 900. The van der Waals surface area contributed by atoms with E-state index in [2.05, 4.69) is 21.2 Å². The summed E-state index contributed by atoms with van der Waals surface area (Å²) in [7, 11) is 1.34. The first-order valence-electron chi connectivity index (χ1n) is 7.30. The number of nitrogens with one attached hydrogen (secondary N) is 1.